The first-order valence-corrected chi connectivity index (χ1v) is 5.05. The van der Waals surface area contributed by atoms with Crippen molar-refractivity contribution in [1.29, 1.82) is 0 Å². The lowest BCUT2D eigenvalue weighted by Crippen LogP contribution is -2.20. The number of carbonyl (C=O) groups excluding carboxylic acids is 1. The van der Waals surface area contributed by atoms with Crippen LogP contribution in [0.15, 0.2) is 15.2 Å². The molecule has 1 aromatic heterocycles. The van der Waals surface area contributed by atoms with Gasteiger partial charge < -0.3 is 11.5 Å². The second-order valence-electron chi connectivity index (χ2n) is 2.43. The van der Waals surface area contributed by atoms with Crippen molar-refractivity contribution in [2.45, 2.75) is 12.5 Å². The predicted molar refractivity (Wildman–Crippen MR) is 52.8 cm³/mol. The van der Waals surface area contributed by atoms with Crippen LogP contribution >= 0.6 is 27.3 Å². The summed E-state index contributed by atoms with van der Waals surface area (Å²) in [6.45, 7) is 0. The smallest absolute Gasteiger partial charge is 0.219 e. The number of amides is 1. The molecule has 1 heterocycles. The second-order valence-corrected chi connectivity index (χ2v) is 4.66. The molecular weight excluding hydrogens is 240 g/mol. The molecule has 1 atom stereocenters. The average molecular weight is 249 g/mol. The van der Waals surface area contributed by atoms with E-state index in [4.69, 9.17) is 11.5 Å². The molecule has 0 aliphatic heterocycles. The Morgan fingerprint density at radius 1 is 1.75 bits per heavy atom. The first kappa shape index (κ1) is 9.70. The van der Waals surface area contributed by atoms with Crippen LogP contribution in [0.5, 0.6) is 0 Å². The van der Waals surface area contributed by atoms with E-state index < -0.39 is 0 Å². The second kappa shape index (κ2) is 4.02. The van der Waals surface area contributed by atoms with Gasteiger partial charge in [-0.1, -0.05) is 0 Å². The molecule has 0 saturated heterocycles. The fourth-order valence-electron chi connectivity index (χ4n) is 0.897. The van der Waals surface area contributed by atoms with Gasteiger partial charge in [-0.3, -0.25) is 4.79 Å². The molecule has 4 N–H and O–H groups in total. The Bertz CT molecular complexity index is 287. The number of primary amides is 1. The molecule has 0 aromatic carbocycles. The normalized spacial score (nSPS) is 12.8. The Morgan fingerprint density at radius 3 is 2.83 bits per heavy atom. The molecule has 5 heteroatoms. The summed E-state index contributed by atoms with van der Waals surface area (Å²) < 4.78 is 0.969. The predicted octanol–water partition coefficient (Wildman–Crippen LogP) is 1.39. The first-order chi connectivity index (χ1) is 5.61. The van der Waals surface area contributed by atoms with Crippen LogP contribution in [-0.2, 0) is 4.79 Å². The molecule has 1 amide bonds. The molecule has 0 saturated carbocycles. The van der Waals surface area contributed by atoms with Crippen LogP contribution in [-0.4, -0.2) is 5.91 Å². The molecule has 0 bridgehead atoms. The fourth-order valence-corrected chi connectivity index (χ4v) is 2.34. The lowest BCUT2D eigenvalue weighted by atomic mass is 10.1. The third-order valence-corrected chi connectivity index (χ3v) is 3.20. The maximum absolute atomic E-state index is 10.5. The number of nitrogens with two attached hydrogens (primary N) is 2. The van der Waals surface area contributed by atoms with Crippen molar-refractivity contribution < 1.29 is 4.79 Å². The van der Waals surface area contributed by atoms with Crippen LogP contribution in [0, 0.1) is 0 Å². The Labute approximate surface area is 82.9 Å². The first-order valence-electron chi connectivity index (χ1n) is 3.38. The summed E-state index contributed by atoms with van der Waals surface area (Å²) in [6.07, 6.45) is 0.190. The standard InChI is InChI=1S/C7H9BrN2OS/c8-7-4(1-2-12-7)5(9)3-6(10)11/h1-2,5H,3,9H2,(H2,10,11). The highest BCUT2D eigenvalue weighted by Gasteiger charge is 2.12. The van der Waals surface area contributed by atoms with Crippen molar-refractivity contribution in [2.24, 2.45) is 11.5 Å². The van der Waals surface area contributed by atoms with Crippen molar-refractivity contribution in [3.8, 4) is 0 Å². The number of rotatable bonds is 3. The monoisotopic (exact) mass is 248 g/mol. The zero-order valence-electron chi connectivity index (χ0n) is 6.29. The third kappa shape index (κ3) is 2.30. The minimum atomic E-state index is -0.374. The molecule has 1 unspecified atom stereocenters. The van der Waals surface area contributed by atoms with E-state index in [1.165, 1.54) is 0 Å². The summed E-state index contributed by atoms with van der Waals surface area (Å²) in [5.41, 5.74) is 11.7. The Kier molecular flexibility index (Phi) is 3.25. The van der Waals surface area contributed by atoms with Gasteiger partial charge in [0.15, 0.2) is 0 Å². The molecule has 0 aliphatic carbocycles. The number of carbonyl (C=O) groups is 1. The van der Waals surface area contributed by atoms with Gasteiger partial charge in [-0.05, 0) is 32.9 Å². The van der Waals surface area contributed by atoms with Crippen LogP contribution in [0.25, 0.3) is 0 Å². The third-order valence-electron chi connectivity index (χ3n) is 1.47. The van der Waals surface area contributed by atoms with E-state index >= 15 is 0 Å². The van der Waals surface area contributed by atoms with Crippen molar-refractivity contribution in [2.75, 3.05) is 0 Å². The van der Waals surface area contributed by atoms with Crippen molar-refractivity contribution >= 4 is 33.2 Å². The van der Waals surface area contributed by atoms with E-state index in [1.54, 1.807) is 11.3 Å². The lowest BCUT2D eigenvalue weighted by Gasteiger charge is -2.07. The van der Waals surface area contributed by atoms with E-state index in [1.807, 2.05) is 11.4 Å². The summed E-state index contributed by atoms with van der Waals surface area (Å²) in [5.74, 6) is -0.374. The molecule has 0 aliphatic rings. The molecule has 0 radical (unpaired) electrons. The molecule has 3 nitrogen and oxygen atoms in total. The lowest BCUT2D eigenvalue weighted by molar-refractivity contribution is -0.118. The summed E-state index contributed by atoms with van der Waals surface area (Å²) in [4.78, 5) is 10.5. The highest BCUT2D eigenvalue weighted by Crippen LogP contribution is 2.28. The van der Waals surface area contributed by atoms with Crippen molar-refractivity contribution in [3.05, 3.63) is 20.8 Å². The highest BCUT2D eigenvalue weighted by molar-refractivity contribution is 9.11. The molecule has 66 valence electrons. The van der Waals surface area contributed by atoms with Gasteiger partial charge in [0, 0.05) is 12.5 Å². The summed E-state index contributed by atoms with van der Waals surface area (Å²) in [6, 6.07) is 1.60. The van der Waals surface area contributed by atoms with Gasteiger partial charge in [0.1, 0.15) is 0 Å². The van der Waals surface area contributed by atoms with E-state index in [0.717, 1.165) is 9.35 Å². The minimum Gasteiger partial charge on any atom is -0.370 e. The van der Waals surface area contributed by atoms with Crippen LogP contribution in [0.3, 0.4) is 0 Å². The number of hydrogen-bond donors (Lipinski definition) is 2. The van der Waals surface area contributed by atoms with Gasteiger partial charge in [0.2, 0.25) is 5.91 Å². The van der Waals surface area contributed by atoms with E-state index in [2.05, 4.69) is 15.9 Å². The van der Waals surface area contributed by atoms with Gasteiger partial charge in [-0.25, -0.2) is 0 Å². The Morgan fingerprint density at radius 2 is 2.42 bits per heavy atom. The van der Waals surface area contributed by atoms with E-state index in [-0.39, 0.29) is 18.4 Å². The largest absolute Gasteiger partial charge is 0.370 e. The molecule has 1 rings (SSSR count). The van der Waals surface area contributed by atoms with Gasteiger partial charge in [0.05, 0.1) is 3.79 Å². The van der Waals surface area contributed by atoms with Crippen molar-refractivity contribution in [3.63, 3.8) is 0 Å². The van der Waals surface area contributed by atoms with Gasteiger partial charge in [-0.2, -0.15) is 0 Å². The zero-order chi connectivity index (χ0) is 9.14. The average Bonchev–Trinajstić information content (AvgIpc) is 2.33. The number of thiophene rings is 1. The summed E-state index contributed by atoms with van der Waals surface area (Å²) >= 11 is 4.89. The maximum Gasteiger partial charge on any atom is 0.219 e. The summed E-state index contributed by atoms with van der Waals surface area (Å²) in [5, 5.41) is 1.92. The van der Waals surface area contributed by atoms with Crippen LogP contribution in [0.4, 0.5) is 0 Å². The van der Waals surface area contributed by atoms with Crippen molar-refractivity contribution in [1.82, 2.24) is 0 Å². The SMILES string of the molecule is NC(=O)CC(N)c1ccsc1Br. The number of hydrogen-bond acceptors (Lipinski definition) is 3. The Hall–Kier alpha value is -0.390. The van der Waals surface area contributed by atoms with Gasteiger partial charge in [-0.15, -0.1) is 11.3 Å². The quantitative estimate of drug-likeness (QED) is 0.849. The van der Waals surface area contributed by atoms with Crippen LogP contribution < -0.4 is 11.5 Å². The van der Waals surface area contributed by atoms with Crippen LogP contribution in [0.1, 0.15) is 18.0 Å². The summed E-state index contributed by atoms with van der Waals surface area (Å²) in [7, 11) is 0. The molecular formula is C7H9BrN2OS. The minimum absolute atomic E-state index is 0.190. The topological polar surface area (TPSA) is 69.1 Å². The highest BCUT2D eigenvalue weighted by atomic mass is 79.9. The zero-order valence-corrected chi connectivity index (χ0v) is 8.69. The molecule has 0 fully saturated rings. The molecule has 0 spiro atoms. The van der Waals surface area contributed by atoms with E-state index in [0.29, 0.717) is 0 Å². The van der Waals surface area contributed by atoms with E-state index in [9.17, 15) is 4.79 Å². The fraction of sp³-hybridized carbons (Fsp3) is 0.286. The number of halogens is 1. The van der Waals surface area contributed by atoms with Gasteiger partial charge >= 0.3 is 0 Å². The maximum atomic E-state index is 10.5. The molecule has 1 aromatic rings. The Balaban J connectivity index is 2.71. The molecule has 12 heavy (non-hydrogen) atoms. The van der Waals surface area contributed by atoms with Crippen LogP contribution in [0.2, 0.25) is 0 Å². The van der Waals surface area contributed by atoms with Gasteiger partial charge in [0.25, 0.3) is 0 Å².